The quantitative estimate of drug-likeness (QED) is 0.768. The minimum atomic E-state index is 0.781. The van der Waals surface area contributed by atoms with Crippen molar-refractivity contribution in [1.29, 1.82) is 0 Å². The van der Waals surface area contributed by atoms with Crippen LogP contribution in [0.1, 0.15) is 32.6 Å². The van der Waals surface area contributed by atoms with E-state index in [0.717, 1.165) is 48.2 Å². The monoisotopic (exact) mass is 346 g/mol. The van der Waals surface area contributed by atoms with Gasteiger partial charge in [-0.3, -0.25) is 4.90 Å². The van der Waals surface area contributed by atoms with Crippen molar-refractivity contribution in [2.45, 2.75) is 45.8 Å². The van der Waals surface area contributed by atoms with E-state index in [0.29, 0.717) is 0 Å². The summed E-state index contributed by atoms with van der Waals surface area (Å²) in [5, 5.41) is 4.83. The van der Waals surface area contributed by atoms with Crippen molar-refractivity contribution in [2.24, 2.45) is 0 Å². The smallest absolute Gasteiger partial charge is 0.199 e. The van der Waals surface area contributed by atoms with Crippen LogP contribution in [0.5, 0.6) is 5.75 Å². The molecule has 0 unspecified atom stereocenters. The number of hydrogen-bond donors (Lipinski definition) is 0. The van der Waals surface area contributed by atoms with Crippen molar-refractivity contribution in [1.82, 2.24) is 19.2 Å². The lowest BCUT2D eigenvalue weighted by Crippen LogP contribution is -2.28. The summed E-state index contributed by atoms with van der Waals surface area (Å²) < 4.78 is 10.2. The third-order valence-corrected chi connectivity index (χ3v) is 5.03. The molecule has 1 aromatic heterocycles. The summed E-state index contributed by atoms with van der Waals surface area (Å²) in [4.78, 5) is 2.46. The highest BCUT2D eigenvalue weighted by atomic mass is 32.1. The van der Waals surface area contributed by atoms with Gasteiger partial charge in [0.1, 0.15) is 5.75 Å². The zero-order chi connectivity index (χ0) is 16.9. The van der Waals surface area contributed by atoms with Crippen LogP contribution in [0.15, 0.2) is 24.3 Å². The molecule has 0 radical (unpaired) electrons. The van der Waals surface area contributed by atoms with Gasteiger partial charge in [-0.15, -0.1) is 0 Å². The number of methoxy groups -OCH3 is 1. The van der Waals surface area contributed by atoms with E-state index in [1.807, 2.05) is 22.9 Å². The van der Waals surface area contributed by atoms with Crippen LogP contribution in [0.4, 0.5) is 0 Å². The molecule has 2 heterocycles. The molecule has 3 rings (SSSR count). The predicted molar refractivity (Wildman–Crippen MR) is 98.8 cm³/mol. The first kappa shape index (κ1) is 17.2. The minimum absolute atomic E-state index is 0.781. The summed E-state index contributed by atoms with van der Waals surface area (Å²) in [5.41, 5.74) is 1.04. The molecule has 0 aliphatic carbocycles. The molecule has 0 spiro atoms. The summed E-state index contributed by atoms with van der Waals surface area (Å²) >= 11 is 5.68. The molecule has 24 heavy (non-hydrogen) atoms. The van der Waals surface area contributed by atoms with Crippen LogP contribution in [-0.4, -0.2) is 39.4 Å². The maximum absolute atomic E-state index is 5.68. The Bertz CT molecular complexity index is 729. The van der Waals surface area contributed by atoms with Crippen molar-refractivity contribution in [3.8, 4) is 17.1 Å². The Morgan fingerprint density at radius 2 is 1.92 bits per heavy atom. The highest BCUT2D eigenvalue weighted by Crippen LogP contribution is 2.23. The first-order valence-electron chi connectivity index (χ1n) is 8.77. The number of hydrogen-bond acceptors (Lipinski definition) is 4. The Morgan fingerprint density at radius 3 is 2.58 bits per heavy atom. The third kappa shape index (κ3) is 3.70. The molecule has 1 aliphatic rings. The van der Waals surface area contributed by atoms with Gasteiger partial charge in [0, 0.05) is 12.1 Å². The van der Waals surface area contributed by atoms with Gasteiger partial charge >= 0.3 is 0 Å². The number of nitrogens with zero attached hydrogens (tertiary/aromatic N) is 4. The van der Waals surface area contributed by atoms with Crippen LogP contribution in [0.3, 0.4) is 0 Å². The fraction of sp³-hybridized carbons (Fsp3) is 0.556. The molecule has 0 amide bonds. The maximum atomic E-state index is 5.68. The first-order chi connectivity index (χ1) is 11.7. The van der Waals surface area contributed by atoms with E-state index in [1.165, 1.54) is 25.7 Å². The van der Waals surface area contributed by atoms with E-state index in [4.69, 9.17) is 22.1 Å². The molecule has 1 fully saturated rings. The van der Waals surface area contributed by atoms with Crippen molar-refractivity contribution < 1.29 is 4.74 Å². The second kappa shape index (κ2) is 7.94. The molecular weight excluding hydrogens is 320 g/mol. The lowest BCUT2D eigenvalue weighted by Gasteiger charge is -2.19. The molecule has 5 nitrogen and oxygen atoms in total. The molecule has 6 heteroatoms. The Labute approximate surface area is 148 Å². The number of ether oxygens (including phenoxy) is 1. The molecule has 0 bridgehead atoms. The lowest BCUT2D eigenvalue weighted by atomic mass is 10.2. The third-order valence-electron chi connectivity index (χ3n) is 4.60. The fourth-order valence-corrected chi connectivity index (χ4v) is 3.58. The van der Waals surface area contributed by atoms with Gasteiger partial charge in [-0.1, -0.05) is 25.0 Å². The van der Waals surface area contributed by atoms with Gasteiger partial charge in [0.05, 0.1) is 13.8 Å². The summed E-state index contributed by atoms with van der Waals surface area (Å²) in [6, 6.07) is 8.01. The van der Waals surface area contributed by atoms with E-state index in [-0.39, 0.29) is 0 Å². The zero-order valence-electron chi connectivity index (χ0n) is 14.6. The Morgan fingerprint density at radius 1 is 1.17 bits per heavy atom. The highest BCUT2D eigenvalue weighted by Gasteiger charge is 2.15. The molecule has 130 valence electrons. The largest absolute Gasteiger partial charge is 0.497 e. The minimum Gasteiger partial charge on any atom is -0.497 e. The normalized spacial score (nSPS) is 16.1. The van der Waals surface area contributed by atoms with E-state index in [9.17, 15) is 0 Å². The van der Waals surface area contributed by atoms with Crippen molar-refractivity contribution >= 4 is 12.2 Å². The van der Waals surface area contributed by atoms with Gasteiger partial charge in [-0.05, 0) is 57.2 Å². The molecule has 0 saturated carbocycles. The molecule has 0 N–H and O–H groups in total. The van der Waals surface area contributed by atoms with Crippen LogP contribution in [0.25, 0.3) is 11.4 Å². The fourth-order valence-electron chi connectivity index (χ4n) is 3.26. The Balaban J connectivity index is 1.91. The van der Waals surface area contributed by atoms with Gasteiger partial charge in [-0.25, -0.2) is 4.68 Å². The standard InChI is InChI=1S/C18H26N4OS/c1-3-21-17(15-9-8-10-16(13-15)23-2)19-22(18(21)24)14-20-11-6-4-5-7-12-20/h8-10,13H,3-7,11-12,14H2,1-2H3. The number of benzene rings is 1. The number of rotatable bonds is 5. The summed E-state index contributed by atoms with van der Waals surface area (Å²) in [5.74, 6) is 1.75. The topological polar surface area (TPSA) is 35.2 Å². The predicted octanol–water partition coefficient (Wildman–Crippen LogP) is 3.94. The van der Waals surface area contributed by atoms with Gasteiger partial charge < -0.3 is 9.30 Å². The molecule has 1 aliphatic heterocycles. The molecule has 1 aromatic carbocycles. The van der Waals surface area contributed by atoms with Crippen molar-refractivity contribution in [3.05, 3.63) is 29.0 Å². The first-order valence-corrected chi connectivity index (χ1v) is 9.18. The number of likely N-dealkylation sites (tertiary alicyclic amines) is 1. The van der Waals surface area contributed by atoms with E-state index >= 15 is 0 Å². The molecule has 2 aromatic rings. The molecule has 1 saturated heterocycles. The van der Waals surface area contributed by atoms with E-state index in [1.54, 1.807) is 7.11 Å². The van der Waals surface area contributed by atoms with Crippen molar-refractivity contribution in [2.75, 3.05) is 20.2 Å². The SMILES string of the molecule is CCn1c(-c2cccc(OC)c2)nn(CN2CCCCCC2)c1=S. The maximum Gasteiger partial charge on any atom is 0.199 e. The Kier molecular flexibility index (Phi) is 5.68. The van der Waals surface area contributed by atoms with Crippen LogP contribution in [-0.2, 0) is 13.2 Å². The van der Waals surface area contributed by atoms with Crippen LogP contribution < -0.4 is 4.74 Å². The molecular formula is C18H26N4OS. The van der Waals surface area contributed by atoms with Gasteiger partial charge in [0.25, 0.3) is 0 Å². The van der Waals surface area contributed by atoms with Gasteiger partial charge in [-0.2, -0.15) is 5.10 Å². The highest BCUT2D eigenvalue weighted by molar-refractivity contribution is 7.71. The summed E-state index contributed by atoms with van der Waals surface area (Å²) in [7, 11) is 1.68. The second-order valence-corrected chi connectivity index (χ2v) is 6.62. The van der Waals surface area contributed by atoms with Gasteiger partial charge in [0.2, 0.25) is 0 Å². The average molecular weight is 347 g/mol. The van der Waals surface area contributed by atoms with Crippen LogP contribution >= 0.6 is 12.2 Å². The zero-order valence-corrected chi connectivity index (χ0v) is 15.4. The average Bonchev–Trinajstić information content (AvgIpc) is 2.78. The summed E-state index contributed by atoms with van der Waals surface area (Å²) in [6.07, 6.45) is 5.20. The molecule has 0 atom stereocenters. The summed E-state index contributed by atoms with van der Waals surface area (Å²) in [6.45, 7) is 5.97. The van der Waals surface area contributed by atoms with Crippen LogP contribution in [0, 0.1) is 4.77 Å². The van der Waals surface area contributed by atoms with Crippen molar-refractivity contribution in [3.63, 3.8) is 0 Å². The lowest BCUT2D eigenvalue weighted by molar-refractivity contribution is 0.213. The number of aromatic nitrogens is 3. The van der Waals surface area contributed by atoms with E-state index in [2.05, 4.69) is 22.5 Å². The van der Waals surface area contributed by atoms with Gasteiger partial charge in [0.15, 0.2) is 10.6 Å². The Hall–Kier alpha value is -1.66. The van der Waals surface area contributed by atoms with Crippen LogP contribution in [0.2, 0.25) is 0 Å². The second-order valence-electron chi connectivity index (χ2n) is 6.26. The van der Waals surface area contributed by atoms with E-state index < -0.39 is 0 Å².